The summed E-state index contributed by atoms with van der Waals surface area (Å²) in [5.74, 6) is -1.64. The van der Waals surface area contributed by atoms with Crippen molar-refractivity contribution in [3.63, 3.8) is 0 Å². The highest BCUT2D eigenvalue weighted by molar-refractivity contribution is 5.90. The van der Waals surface area contributed by atoms with Gasteiger partial charge in [-0.3, -0.25) is 0 Å². The Morgan fingerprint density at radius 1 is 1.56 bits per heavy atom. The lowest BCUT2D eigenvalue weighted by molar-refractivity contribution is 0.0482. The van der Waals surface area contributed by atoms with Gasteiger partial charge in [-0.1, -0.05) is 0 Å². The molecular formula is C12H14FNO4. The second kappa shape index (κ2) is 5.77. The molecule has 1 aliphatic rings. The zero-order valence-electron chi connectivity index (χ0n) is 9.76. The first-order valence-electron chi connectivity index (χ1n) is 5.76. The van der Waals surface area contributed by atoms with E-state index >= 15 is 0 Å². The molecule has 1 N–H and O–H groups in total. The van der Waals surface area contributed by atoms with E-state index in [-0.39, 0.29) is 11.4 Å². The Morgan fingerprint density at radius 2 is 2.28 bits per heavy atom. The summed E-state index contributed by atoms with van der Waals surface area (Å²) in [7, 11) is 0. The molecule has 2 heterocycles. The molecule has 0 saturated carbocycles. The fourth-order valence-electron chi connectivity index (χ4n) is 1.80. The summed E-state index contributed by atoms with van der Waals surface area (Å²) in [6.45, 7) is 1.76. The standard InChI is InChI=1S/C12H14FNO4/c13-9-5-10(12(15)16)11(14-6-9)18-7-8-1-3-17-4-2-8/h5-6,8H,1-4,7H2,(H,15,16). The Bertz CT molecular complexity index is 432. The number of aromatic nitrogens is 1. The molecule has 0 bridgehead atoms. The molecule has 6 heteroatoms. The van der Waals surface area contributed by atoms with Gasteiger partial charge >= 0.3 is 5.97 Å². The van der Waals surface area contributed by atoms with Crippen LogP contribution >= 0.6 is 0 Å². The molecule has 1 fully saturated rings. The Morgan fingerprint density at radius 3 is 2.94 bits per heavy atom. The zero-order valence-corrected chi connectivity index (χ0v) is 9.76. The molecule has 2 rings (SSSR count). The minimum Gasteiger partial charge on any atom is -0.477 e. The number of ether oxygens (including phenoxy) is 2. The Labute approximate surface area is 104 Å². The summed E-state index contributed by atoms with van der Waals surface area (Å²) in [4.78, 5) is 14.6. The normalized spacial score (nSPS) is 16.5. The molecule has 5 nitrogen and oxygen atoms in total. The van der Waals surface area contributed by atoms with Gasteiger partial charge < -0.3 is 14.6 Å². The molecule has 98 valence electrons. The van der Waals surface area contributed by atoms with Crippen LogP contribution in [0.2, 0.25) is 0 Å². The van der Waals surface area contributed by atoms with Gasteiger partial charge in [0.1, 0.15) is 11.4 Å². The highest BCUT2D eigenvalue weighted by Gasteiger charge is 2.18. The first-order valence-corrected chi connectivity index (χ1v) is 5.76. The molecule has 0 aromatic carbocycles. The van der Waals surface area contributed by atoms with Crippen LogP contribution in [0.25, 0.3) is 0 Å². The fourth-order valence-corrected chi connectivity index (χ4v) is 1.80. The third-order valence-corrected chi connectivity index (χ3v) is 2.84. The van der Waals surface area contributed by atoms with E-state index in [1.165, 1.54) is 0 Å². The zero-order chi connectivity index (χ0) is 13.0. The lowest BCUT2D eigenvalue weighted by atomic mass is 10.0. The number of nitrogens with zero attached hydrogens (tertiary/aromatic N) is 1. The van der Waals surface area contributed by atoms with Crippen molar-refractivity contribution in [1.82, 2.24) is 4.98 Å². The highest BCUT2D eigenvalue weighted by atomic mass is 19.1. The van der Waals surface area contributed by atoms with Gasteiger partial charge in [-0.25, -0.2) is 14.2 Å². The number of pyridine rings is 1. The number of rotatable bonds is 4. The van der Waals surface area contributed by atoms with Crippen LogP contribution in [0.4, 0.5) is 4.39 Å². The van der Waals surface area contributed by atoms with Gasteiger partial charge in [0, 0.05) is 13.2 Å². The van der Waals surface area contributed by atoms with Gasteiger partial charge in [-0.15, -0.1) is 0 Å². The van der Waals surface area contributed by atoms with E-state index in [1.54, 1.807) is 0 Å². The monoisotopic (exact) mass is 255 g/mol. The summed E-state index contributed by atoms with van der Waals surface area (Å²) in [5.41, 5.74) is -0.248. The number of halogens is 1. The van der Waals surface area contributed by atoms with E-state index in [4.69, 9.17) is 14.6 Å². The Hall–Kier alpha value is -1.69. The van der Waals surface area contributed by atoms with Gasteiger partial charge in [0.2, 0.25) is 5.88 Å². The lowest BCUT2D eigenvalue weighted by Gasteiger charge is -2.22. The van der Waals surface area contributed by atoms with Crippen molar-refractivity contribution in [1.29, 1.82) is 0 Å². The van der Waals surface area contributed by atoms with Crippen molar-refractivity contribution in [3.8, 4) is 5.88 Å². The molecule has 1 aliphatic heterocycles. The third-order valence-electron chi connectivity index (χ3n) is 2.84. The van der Waals surface area contributed by atoms with Crippen LogP contribution in [0.15, 0.2) is 12.3 Å². The van der Waals surface area contributed by atoms with Crippen LogP contribution in [0.5, 0.6) is 5.88 Å². The van der Waals surface area contributed by atoms with E-state index in [0.717, 1.165) is 25.1 Å². The van der Waals surface area contributed by atoms with Crippen LogP contribution < -0.4 is 4.74 Å². The number of aromatic carboxylic acids is 1. The molecule has 0 radical (unpaired) electrons. The fraction of sp³-hybridized carbons (Fsp3) is 0.500. The summed E-state index contributed by atoms with van der Waals surface area (Å²) >= 11 is 0. The molecule has 0 atom stereocenters. The van der Waals surface area contributed by atoms with Crippen LogP contribution in [-0.2, 0) is 4.74 Å². The van der Waals surface area contributed by atoms with Gasteiger partial charge in [-0.2, -0.15) is 0 Å². The van der Waals surface area contributed by atoms with Crippen molar-refractivity contribution in [2.24, 2.45) is 5.92 Å². The molecule has 0 amide bonds. The van der Waals surface area contributed by atoms with Crippen molar-refractivity contribution >= 4 is 5.97 Å². The van der Waals surface area contributed by atoms with Gasteiger partial charge in [0.15, 0.2) is 0 Å². The van der Waals surface area contributed by atoms with Crippen molar-refractivity contribution in [2.45, 2.75) is 12.8 Å². The second-order valence-electron chi connectivity index (χ2n) is 4.18. The first-order chi connectivity index (χ1) is 8.66. The van der Waals surface area contributed by atoms with Crippen molar-refractivity contribution in [3.05, 3.63) is 23.6 Å². The maximum Gasteiger partial charge on any atom is 0.341 e. The summed E-state index contributed by atoms with van der Waals surface area (Å²) in [6.07, 6.45) is 2.71. The van der Waals surface area contributed by atoms with E-state index in [2.05, 4.69) is 4.98 Å². The molecule has 18 heavy (non-hydrogen) atoms. The lowest BCUT2D eigenvalue weighted by Crippen LogP contribution is -2.22. The summed E-state index contributed by atoms with van der Waals surface area (Å²) in [6, 6.07) is 0.911. The SMILES string of the molecule is O=C(O)c1cc(F)cnc1OCC1CCOCC1. The van der Waals surface area contributed by atoms with Crippen LogP contribution in [0, 0.1) is 11.7 Å². The Balaban J connectivity index is 2.01. The third kappa shape index (κ3) is 3.16. The minimum atomic E-state index is -1.25. The van der Waals surface area contributed by atoms with E-state index in [0.29, 0.717) is 25.7 Å². The largest absolute Gasteiger partial charge is 0.477 e. The van der Waals surface area contributed by atoms with E-state index in [9.17, 15) is 9.18 Å². The summed E-state index contributed by atoms with van der Waals surface area (Å²) < 4.78 is 23.5. The molecule has 1 aromatic rings. The average molecular weight is 255 g/mol. The maximum absolute atomic E-state index is 12.9. The molecule has 0 unspecified atom stereocenters. The van der Waals surface area contributed by atoms with E-state index in [1.807, 2.05) is 0 Å². The topological polar surface area (TPSA) is 68.7 Å². The first kappa shape index (κ1) is 12.8. The number of carbonyl (C=O) groups is 1. The molecule has 0 aliphatic carbocycles. The van der Waals surface area contributed by atoms with Crippen LogP contribution in [0.3, 0.4) is 0 Å². The molecule has 0 spiro atoms. The average Bonchev–Trinajstić information content (AvgIpc) is 2.38. The number of hydrogen-bond acceptors (Lipinski definition) is 4. The van der Waals surface area contributed by atoms with Crippen LogP contribution in [0.1, 0.15) is 23.2 Å². The Kier molecular flexibility index (Phi) is 4.09. The quantitative estimate of drug-likeness (QED) is 0.887. The molecule has 1 saturated heterocycles. The van der Waals surface area contributed by atoms with Crippen molar-refractivity contribution in [2.75, 3.05) is 19.8 Å². The summed E-state index contributed by atoms with van der Waals surface area (Å²) in [5, 5.41) is 8.92. The molecular weight excluding hydrogens is 241 g/mol. The van der Waals surface area contributed by atoms with Gasteiger partial charge in [0.05, 0.1) is 12.8 Å². The predicted molar refractivity (Wildman–Crippen MR) is 60.2 cm³/mol. The number of hydrogen-bond donors (Lipinski definition) is 1. The minimum absolute atomic E-state index is 0.0320. The van der Waals surface area contributed by atoms with Gasteiger partial charge in [0.25, 0.3) is 0 Å². The highest BCUT2D eigenvalue weighted by Crippen LogP contribution is 2.20. The number of carboxylic acids is 1. The predicted octanol–water partition coefficient (Wildman–Crippen LogP) is 1.72. The number of carboxylic acid groups (broad SMARTS) is 1. The van der Waals surface area contributed by atoms with Crippen molar-refractivity contribution < 1.29 is 23.8 Å². The second-order valence-corrected chi connectivity index (χ2v) is 4.18. The van der Waals surface area contributed by atoms with Gasteiger partial charge in [-0.05, 0) is 24.8 Å². The maximum atomic E-state index is 12.9. The molecule has 1 aromatic heterocycles. The van der Waals surface area contributed by atoms with Crippen LogP contribution in [-0.4, -0.2) is 35.9 Å². The van der Waals surface area contributed by atoms with E-state index < -0.39 is 11.8 Å². The smallest absolute Gasteiger partial charge is 0.341 e.